The topological polar surface area (TPSA) is 76.1 Å². The van der Waals surface area contributed by atoms with E-state index in [1.54, 1.807) is 30.3 Å². The first-order valence-electron chi connectivity index (χ1n) is 9.37. The molecule has 0 aliphatic rings. The van der Waals surface area contributed by atoms with Gasteiger partial charge in [-0.2, -0.15) is 0 Å². The number of aromatic amines is 1. The Labute approximate surface area is 178 Å². The number of aromatic nitrogens is 2. The molecule has 1 aromatic heterocycles. The van der Waals surface area contributed by atoms with Crippen molar-refractivity contribution in [3.8, 4) is 0 Å². The first kappa shape index (κ1) is 21.2. The summed E-state index contributed by atoms with van der Waals surface area (Å²) in [5.41, 5.74) is 1.71. The average Bonchev–Trinajstić information content (AvgIpc) is 2.71. The maximum Gasteiger partial charge on any atom is 0.262 e. The molecule has 1 amide bonds. The lowest BCUT2D eigenvalue weighted by molar-refractivity contribution is 0.0951. The number of amides is 1. The van der Waals surface area contributed by atoms with E-state index >= 15 is 0 Å². The van der Waals surface area contributed by atoms with E-state index in [0.29, 0.717) is 59.0 Å². The molecular weight excluding hydrogens is 410 g/mol. The van der Waals surface area contributed by atoms with E-state index in [2.05, 4.69) is 10.3 Å². The second-order valence-corrected chi connectivity index (χ2v) is 7.33. The Balaban J connectivity index is 1.78. The molecule has 8 heteroatoms. The Morgan fingerprint density at radius 1 is 1.28 bits per heavy atom. The summed E-state index contributed by atoms with van der Waals surface area (Å²) in [5.74, 6) is -0.243. The Hall–Kier alpha value is -2.48. The summed E-state index contributed by atoms with van der Waals surface area (Å²) < 4.78 is 7.17. The van der Waals surface area contributed by atoms with Gasteiger partial charge < -0.3 is 15.0 Å². The van der Waals surface area contributed by atoms with Gasteiger partial charge in [-0.25, -0.2) is 0 Å². The standard InChI is InChI=1S/C21H22ClN3O3S/c1-2-28-10-4-9-25-20(27)17-8-7-15(12-18(17)24-21(25)29)19(26)23-13-14-5-3-6-16(22)11-14/h3,5-8,11-12H,2,4,9-10,13H2,1H3,(H,23,26)(H,24,29). The smallest absolute Gasteiger partial charge is 0.262 e. The van der Waals surface area contributed by atoms with Gasteiger partial charge in [0, 0.05) is 36.9 Å². The highest BCUT2D eigenvalue weighted by molar-refractivity contribution is 7.71. The van der Waals surface area contributed by atoms with Crippen LogP contribution in [0.1, 0.15) is 29.3 Å². The van der Waals surface area contributed by atoms with Crippen LogP contribution >= 0.6 is 23.8 Å². The van der Waals surface area contributed by atoms with Gasteiger partial charge >= 0.3 is 0 Å². The maximum atomic E-state index is 12.8. The van der Waals surface area contributed by atoms with E-state index in [0.717, 1.165) is 5.56 Å². The lowest BCUT2D eigenvalue weighted by atomic mass is 10.1. The normalized spacial score (nSPS) is 11.0. The van der Waals surface area contributed by atoms with Crippen molar-refractivity contribution in [1.82, 2.24) is 14.9 Å². The van der Waals surface area contributed by atoms with Crippen molar-refractivity contribution in [3.05, 3.63) is 73.7 Å². The molecule has 0 fully saturated rings. The third kappa shape index (κ3) is 5.32. The minimum Gasteiger partial charge on any atom is -0.382 e. The molecular formula is C21H22ClN3O3S. The molecule has 0 saturated heterocycles. The van der Waals surface area contributed by atoms with Gasteiger partial charge in [0.1, 0.15) is 0 Å². The van der Waals surface area contributed by atoms with Crippen molar-refractivity contribution in [2.45, 2.75) is 26.4 Å². The van der Waals surface area contributed by atoms with Gasteiger partial charge in [-0.1, -0.05) is 23.7 Å². The molecule has 6 nitrogen and oxygen atoms in total. The van der Waals surface area contributed by atoms with Crippen LogP contribution in [-0.2, 0) is 17.8 Å². The summed E-state index contributed by atoms with van der Waals surface area (Å²) >= 11 is 11.3. The quantitative estimate of drug-likeness (QED) is 0.416. The maximum absolute atomic E-state index is 12.8. The molecule has 3 rings (SSSR count). The number of halogens is 1. The fourth-order valence-electron chi connectivity index (χ4n) is 3.00. The van der Waals surface area contributed by atoms with Crippen LogP contribution in [0.5, 0.6) is 0 Å². The summed E-state index contributed by atoms with van der Waals surface area (Å²) in [7, 11) is 0. The van der Waals surface area contributed by atoms with Crippen LogP contribution < -0.4 is 10.9 Å². The van der Waals surface area contributed by atoms with E-state index in [9.17, 15) is 9.59 Å². The largest absolute Gasteiger partial charge is 0.382 e. The first-order chi connectivity index (χ1) is 14.0. The van der Waals surface area contributed by atoms with Crippen molar-refractivity contribution in [2.24, 2.45) is 0 Å². The fourth-order valence-corrected chi connectivity index (χ4v) is 3.50. The summed E-state index contributed by atoms with van der Waals surface area (Å²) in [4.78, 5) is 28.3. The number of nitrogens with one attached hydrogen (secondary N) is 2. The van der Waals surface area contributed by atoms with Crippen LogP contribution in [0.25, 0.3) is 10.9 Å². The molecule has 152 valence electrons. The van der Waals surface area contributed by atoms with Crippen LogP contribution in [-0.4, -0.2) is 28.7 Å². The fraction of sp³-hybridized carbons (Fsp3) is 0.286. The molecule has 0 spiro atoms. The van der Waals surface area contributed by atoms with E-state index < -0.39 is 0 Å². The lowest BCUT2D eigenvalue weighted by Crippen LogP contribution is -2.24. The molecule has 0 bridgehead atoms. The van der Waals surface area contributed by atoms with Gasteiger partial charge in [0.2, 0.25) is 0 Å². The summed E-state index contributed by atoms with van der Waals surface area (Å²) in [6, 6.07) is 12.2. The number of benzene rings is 2. The Bertz CT molecular complexity index is 1140. The molecule has 0 unspecified atom stereocenters. The van der Waals surface area contributed by atoms with Gasteiger partial charge in [-0.15, -0.1) is 0 Å². The van der Waals surface area contributed by atoms with Gasteiger partial charge in [-0.3, -0.25) is 14.2 Å². The zero-order valence-corrected chi connectivity index (χ0v) is 17.6. The lowest BCUT2D eigenvalue weighted by Gasteiger charge is -2.10. The Morgan fingerprint density at radius 3 is 2.86 bits per heavy atom. The predicted molar refractivity (Wildman–Crippen MR) is 117 cm³/mol. The number of carbonyl (C=O) groups excluding carboxylic acids is 1. The van der Waals surface area contributed by atoms with Crippen LogP contribution in [0.4, 0.5) is 0 Å². The van der Waals surface area contributed by atoms with E-state index in [1.165, 1.54) is 4.57 Å². The second-order valence-electron chi connectivity index (χ2n) is 6.51. The summed E-state index contributed by atoms with van der Waals surface area (Å²) in [6.07, 6.45) is 0.695. The number of rotatable bonds is 8. The molecule has 0 radical (unpaired) electrons. The first-order valence-corrected chi connectivity index (χ1v) is 10.2. The van der Waals surface area contributed by atoms with Crippen LogP contribution in [0, 0.1) is 4.77 Å². The zero-order valence-electron chi connectivity index (χ0n) is 16.0. The molecule has 0 atom stereocenters. The number of H-pyrrole nitrogens is 1. The number of hydrogen-bond acceptors (Lipinski definition) is 4. The monoisotopic (exact) mass is 431 g/mol. The van der Waals surface area contributed by atoms with Crippen LogP contribution in [0.3, 0.4) is 0 Å². The molecule has 29 heavy (non-hydrogen) atoms. The molecule has 0 saturated carbocycles. The molecule has 0 aliphatic heterocycles. The highest BCUT2D eigenvalue weighted by atomic mass is 35.5. The van der Waals surface area contributed by atoms with Crippen LogP contribution in [0.15, 0.2) is 47.3 Å². The van der Waals surface area contributed by atoms with Gasteiger partial charge in [0.15, 0.2) is 4.77 Å². The molecule has 2 N–H and O–H groups in total. The number of hydrogen-bond donors (Lipinski definition) is 2. The third-order valence-corrected chi connectivity index (χ3v) is 5.02. The second kappa shape index (κ2) is 9.82. The number of fused-ring (bicyclic) bond motifs is 1. The molecule has 1 heterocycles. The highest BCUT2D eigenvalue weighted by Gasteiger charge is 2.10. The summed E-state index contributed by atoms with van der Waals surface area (Å²) in [6.45, 7) is 3.97. The molecule has 0 aliphatic carbocycles. The minimum absolute atomic E-state index is 0.175. The third-order valence-electron chi connectivity index (χ3n) is 4.46. The molecule has 3 aromatic rings. The molecule has 2 aromatic carbocycles. The van der Waals surface area contributed by atoms with E-state index in [4.69, 9.17) is 28.6 Å². The minimum atomic E-state index is -0.243. The Morgan fingerprint density at radius 2 is 2.10 bits per heavy atom. The van der Waals surface area contributed by atoms with Gasteiger partial charge in [-0.05, 0) is 61.5 Å². The Kier molecular flexibility index (Phi) is 7.19. The van der Waals surface area contributed by atoms with Crippen molar-refractivity contribution in [3.63, 3.8) is 0 Å². The average molecular weight is 432 g/mol. The van der Waals surface area contributed by atoms with Crippen molar-refractivity contribution < 1.29 is 9.53 Å². The highest BCUT2D eigenvalue weighted by Crippen LogP contribution is 2.13. The number of ether oxygens (including phenoxy) is 1. The van der Waals surface area contributed by atoms with E-state index in [1.807, 2.05) is 19.1 Å². The SMILES string of the molecule is CCOCCCn1c(=S)[nH]c2cc(C(=O)NCc3cccc(Cl)c3)ccc2c1=O. The van der Waals surface area contributed by atoms with Crippen molar-refractivity contribution in [1.29, 1.82) is 0 Å². The predicted octanol–water partition coefficient (Wildman–Crippen LogP) is 4.07. The summed E-state index contributed by atoms with van der Waals surface area (Å²) in [5, 5.41) is 3.96. The van der Waals surface area contributed by atoms with Gasteiger partial charge in [0.25, 0.3) is 11.5 Å². The zero-order chi connectivity index (χ0) is 20.8. The van der Waals surface area contributed by atoms with Gasteiger partial charge in [0.05, 0.1) is 10.9 Å². The van der Waals surface area contributed by atoms with Crippen molar-refractivity contribution in [2.75, 3.05) is 13.2 Å². The van der Waals surface area contributed by atoms with Crippen LogP contribution in [0.2, 0.25) is 5.02 Å². The number of nitrogens with zero attached hydrogens (tertiary/aromatic N) is 1. The van der Waals surface area contributed by atoms with E-state index in [-0.39, 0.29) is 11.5 Å². The number of carbonyl (C=O) groups is 1. The van der Waals surface area contributed by atoms with Crippen molar-refractivity contribution >= 4 is 40.6 Å².